The zero-order valence-electron chi connectivity index (χ0n) is 14.1. The second-order valence-corrected chi connectivity index (χ2v) is 6.19. The summed E-state index contributed by atoms with van der Waals surface area (Å²) in [4.78, 5) is 11.9. The van der Waals surface area contributed by atoms with Crippen molar-refractivity contribution in [2.24, 2.45) is 0 Å². The van der Waals surface area contributed by atoms with Gasteiger partial charge in [-0.1, -0.05) is 23.8 Å². The van der Waals surface area contributed by atoms with Gasteiger partial charge in [-0.15, -0.1) is 10.2 Å². The molecule has 132 valence electrons. The molecule has 1 aromatic carbocycles. The van der Waals surface area contributed by atoms with Crippen molar-refractivity contribution in [2.75, 3.05) is 6.54 Å². The Balaban J connectivity index is 1.43. The third kappa shape index (κ3) is 4.98. The molecule has 6 heteroatoms. The maximum Gasteiger partial charge on any atom is 0.250 e. The van der Waals surface area contributed by atoms with E-state index in [0.29, 0.717) is 18.9 Å². The van der Waals surface area contributed by atoms with Gasteiger partial charge in [0, 0.05) is 19.4 Å². The summed E-state index contributed by atoms with van der Waals surface area (Å²) < 4.78 is 19.1. The van der Waals surface area contributed by atoms with Crippen LogP contribution in [0.5, 0.6) is 0 Å². The largest absolute Gasteiger partial charge is 0.421 e. The molecule has 0 bridgehead atoms. The van der Waals surface area contributed by atoms with E-state index in [2.05, 4.69) is 21.6 Å². The Labute approximate surface area is 146 Å². The Bertz CT molecular complexity index is 755. The lowest BCUT2D eigenvalue weighted by Crippen LogP contribution is -2.25. The number of nitrogens with one attached hydrogen (secondary N) is 1. The fourth-order valence-electron chi connectivity index (χ4n) is 2.90. The van der Waals surface area contributed by atoms with E-state index < -0.39 is 5.82 Å². The van der Waals surface area contributed by atoms with Crippen LogP contribution in [-0.4, -0.2) is 22.6 Å². The number of allylic oxidation sites excluding steroid dienone is 1. The molecule has 3 rings (SSSR count). The minimum atomic E-state index is -0.410. The lowest BCUT2D eigenvalue weighted by molar-refractivity contribution is -0.121. The van der Waals surface area contributed by atoms with Crippen LogP contribution >= 0.6 is 0 Å². The lowest BCUT2D eigenvalue weighted by atomic mass is 9.97. The highest BCUT2D eigenvalue weighted by Crippen LogP contribution is 2.21. The molecule has 0 atom stereocenters. The Morgan fingerprint density at radius 3 is 2.88 bits per heavy atom. The minimum Gasteiger partial charge on any atom is -0.421 e. The van der Waals surface area contributed by atoms with Crippen molar-refractivity contribution in [1.29, 1.82) is 0 Å². The molecule has 1 amide bonds. The van der Waals surface area contributed by atoms with Crippen LogP contribution in [0.15, 0.2) is 40.3 Å². The third-order valence-corrected chi connectivity index (χ3v) is 4.29. The van der Waals surface area contributed by atoms with Gasteiger partial charge in [-0.25, -0.2) is 4.39 Å². The van der Waals surface area contributed by atoms with Crippen LogP contribution in [0.25, 0.3) is 11.5 Å². The van der Waals surface area contributed by atoms with Gasteiger partial charge in [0.15, 0.2) is 0 Å². The summed E-state index contributed by atoms with van der Waals surface area (Å²) in [6, 6.07) is 6.23. The van der Waals surface area contributed by atoms with Crippen molar-refractivity contribution in [3.63, 3.8) is 0 Å². The van der Waals surface area contributed by atoms with Gasteiger partial charge >= 0.3 is 0 Å². The van der Waals surface area contributed by atoms with Crippen LogP contribution in [0.2, 0.25) is 0 Å². The SMILES string of the molecule is O=C(CCc1nnc(-c2ccccc2F)o1)NCCC1=CCCCC1. The summed E-state index contributed by atoms with van der Waals surface area (Å²) >= 11 is 0. The van der Waals surface area contributed by atoms with Crippen molar-refractivity contribution < 1.29 is 13.6 Å². The quantitative estimate of drug-likeness (QED) is 0.776. The Hall–Kier alpha value is -2.50. The van der Waals surface area contributed by atoms with Crippen molar-refractivity contribution >= 4 is 5.91 Å². The number of carbonyl (C=O) groups is 1. The molecule has 0 saturated heterocycles. The molecule has 1 aliphatic carbocycles. The number of carbonyl (C=O) groups excluding carboxylic acids is 1. The van der Waals surface area contributed by atoms with Gasteiger partial charge in [-0.05, 0) is 44.2 Å². The molecular formula is C19H22FN3O2. The Morgan fingerprint density at radius 1 is 1.20 bits per heavy atom. The highest BCUT2D eigenvalue weighted by atomic mass is 19.1. The zero-order valence-corrected chi connectivity index (χ0v) is 14.1. The van der Waals surface area contributed by atoms with Gasteiger partial charge in [0.05, 0.1) is 5.56 Å². The molecule has 1 aliphatic rings. The Kier molecular flexibility index (Phi) is 5.93. The molecule has 0 saturated carbocycles. The van der Waals surface area contributed by atoms with Gasteiger partial charge in [0.2, 0.25) is 11.8 Å². The molecule has 0 fully saturated rings. The molecule has 5 nitrogen and oxygen atoms in total. The number of benzene rings is 1. The van der Waals surface area contributed by atoms with E-state index in [9.17, 15) is 9.18 Å². The van der Waals surface area contributed by atoms with E-state index in [-0.39, 0.29) is 23.8 Å². The van der Waals surface area contributed by atoms with Crippen LogP contribution in [0.1, 0.15) is 44.4 Å². The average Bonchev–Trinajstić information content (AvgIpc) is 3.10. The number of halogens is 1. The summed E-state index contributed by atoms with van der Waals surface area (Å²) in [5.41, 5.74) is 1.71. The molecule has 1 N–H and O–H groups in total. The number of aromatic nitrogens is 2. The van der Waals surface area contributed by atoms with E-state index >= 15 is 0 Å². The lowest BCUT2D eigenvalue weighted by Gasteiger charge is -2.12. The Morgan fingerprint density at radius 2 is 2.08 bits per heavy atom. The summed E-state index contributed by atoms with van der Waals surface area (Å²) in [6.45, 7) is 0.662. The smallest absolute Gasteiger partial charge is 0.250 e. The fraction of sp³-hybridized carbons (Fsp3) is 0.421. The third-order valence-electron chi connectivity index (χ3n) is 4.29. The fourth-order valence-corrected chi connectivity index (χ4v) is 2.90. The second kappa shape index (κ2) is 8.55. The van der Waals surface area contributed by atoms with Crippen molar-refractivity contribution in [2.45, 2.75) is 44.9 Å². The number of hydrogen-bond acceptors (Lipinski definition) is 4. The predicted octanol–water partition coefficient (Wildman–Crippen LogP) is 3.82. The van der Waals surface area contributed by atoms with Crippen molar-refractivity contribution in [1.82, 2.24) is 15.5 Å². The van der Waals surface area contributed by atoms with Gasteiger partial charge in [0.25, 0.3) is 5.89 Å². The molecular weight excluding hydrogens is 321 g/mol. The number of amides is 1. The molecule has 0 spiro atoms. The molecule has 0 unspecified atom stereocenters. The number of hydrogen-bond donors (Lipinski definition) is 1. The van der Waals surface area contributed by atoms with Crippen molar-refractivity contribution in [3.8, 4) is 11.5 Å². The van der Waals surface area contributed by atoms with Crippen LogP contribution in [0.3, 0.4) is 0 Å². The number of nitrogens with zero attached hydrogens (tertiary/aromatic N) is 2. The van der Waals surface area contributed by atoms with Gasteiger partial charge < -0.3 is 9.73 Å². The first-order chi connectivity index (χ1) is 12.2. The van der Waals surface area contributed by atoms with Gasteiger partial charge in [-0.3, -0.25) is 4.79 Å². The minimum absolute atomic E-state index is 0.0398. The zero-order chi connectivity index (χ0) is 17.5. The molecule has 0 aliphatic heterocycles. The molecule has 25 heavy (non-hydrogen) atoms. The maximum absolute atomic E-state index is 13.7. The highest BCUT2D eigenvalue weighted by molar-refractivity contribution is 5.76. The topological polar surface area (TPSA) is 68.0 Å². The second-order valence-electron chi connectivity index (χ2n) is 6.19. The summed E-state index contributed by atoms with van der Waals surface area (Å²) in [6.07, 6.45) is 8.66. The first-order valence-corrected chi connectivity index (χ1v) is 8.74. The first kappa shape index (κ1) is 17.3. The molecule has 1 aromatic heterocycles. The normalized spacial score (nSPS) is 14.2. The van der Waals surface area contributed by atoms with Crippen LogP contribution < -0.4 is 5.32 Å². The number of aryl methyl sites for hydroxylation is 1. The summed E-state index contributed by atoms with van der Waals surface area (Å²) in [5.74, 6) is 0.0237. The van der Waals surface area contributed by atoms with E-state index in [1.165, 1.54) is 24.5 Å². The average molecular weight is 343 g/mol. The summed E-state index contributed by atoms with van der Waals surface area (Å²) in [7, 11) is 0. The van der Waals surface area contributed by atoms with E-state index in [0.717, 1.165) is 19.3 Å². The molecule has 0 radical (unpaired) electrons. The van der Waals surface area contributed by atoms with Gasteiger partial charge in [-0.2, -0.15) is 0 Å². The first-order valence-electron chi connectivity index (χ1n) is 8.74. The standard InChI is InChI=1S/C19H22FN3O2/c20-16-9-5-4-8-15(16)19-23-22-18(25-19)11-10-17(24)21-13-12-14-6-2-1-3-7-14/h4-6,8-9H,1-3,7,10-13H2,(H,21,24). The van der Waals surface area contributed by atoms with E-state index in [1.807, 2.05) is 0 Å². The molecule has 2 aromatic rings. The van der Waals surface area contributed by atoms with Gasteiger partial charge in [0.1, 0.15) is 5.82 Å². The van der Waals surface area contributed by atoms with Crippen LogP contribution in [0, 0.1) is 5.82 Å². The predicted molar refractivity (Wildman–Crippen MR) is 92.2 cm³/mol. The van der Waals surface area contributed by atoms with Crippen molar-refractivity contribution in [3.05, 3.63) is 47.6 Å². The van der Waals surface area contributed by atoms with Crippen LogP contribution in [0.4, 0.5) is 4.39 Å². The number of rotatable bonds is 7. The van der Waals surface area contributed by atoms with E-state index in [4.69, 9.17) is 4.42 Å². The monoisotopic (exact) mass is 343 g/mol. The summed E-state index contributed by atoms with van der Waals surface area (Å²) in [5, 5.41) is 10.7. The highest BCUT2D eigenvalue weighted by Gasteiger charge is 2.13. The molecule has 1 heterocycles. The maximum atomic E-state index is 13.7. The van der Waals surface area contributed by atoms with E-state index in [1.54, 1.807) is 18.2 Å². The van der Waals surface area contributed by atoms with Crippen LogP contribution in [-0.2, 0) is 11.2 Å².